The van der Waals surface area contributed by atoms with Crippen molar-refractivity contribution in [1.29, 1.82) is 0 Å². The summed E-state index contributed by atoms with van der Waals surface area (Å²) in [6, 6.07) is 0. The Bertz CT molecular complexity index is 454. The molecule has 0 aliphatic rings. The Morgan fingerprint density at radius 1 is 1.42 bits per heavy atom. The fourth-order valence-electron chi connectivity index (χ4n) is 1.74. The van der Waals surface area contributed by atoms with Crippen molar-refractivity contribution in [3.8, 4) is 0 Å². The molecule has 0 aliphatic heterocycles. The number of nitro groups is 1. The molecule has 0 saturated carbocycles. The average Bonchev–Trinajstić information content (AvgIpc) is 2.63. The zero-order valence-corrected chi connectivity index (χ0v) is 12.0. The number of aliphatic hydroxyl groups excluding tert-OH is 1. The first-order valence-electron chi connectivity index (χ1n) is 6.38. The minimum atomic E-state index is -0.558. The highest BCUT2D eigenvalue weighted by molar-refractivity contribution is 5.60. The van der Waals surface area contributed by atoms with E-state index in [1.165, 1.54) is 4.68 Å². The third-order valence-electron chi connectivity index (χ3n) is 3.03. The summed E-state index contributed by atoms with van der Waals surface area (Å²) >= 11 is 0. The maximum Gasteiger partial charge on any atom is 0.334 e. The Morgan fingerprint density at radius 2 is 2.00 bits per heavy atom. The molecule has 0 bridgehead atoms. The zero-order chi connectivity index (χ0) is 14.7. The molecule has 0 fully saturated rings. The first-order chi connectivity index (χ1) is 8.75. The number of hydrogen-bond acceptors (Lipinski definition) is 5. The molecule has 1 aromatic heterocycles. The Balaban J connectivity index is 3.03. The predicted octanol–water partition coefficient (Wildman–Crippen LogP) is 1.88. The quantitative estimate of drug-likeness (QED) is 0.608. The summed E-state index contributed by atoms with van der Waals surface area (Å²) in [6.07, 6.45) is -0.558. The van der Waals surface area contributed by atoms with Crippen LogP contribution in [0, 0.1) is 16.0 Å². The van der Waals surface area contributed by atoms with Gasteiger partial charge in [0.2, 0.25) is 5.82 Å². The third kappa shape index (κ3) is 3.44. The maximum atomic E-state index is 11.2. The Kier molecular flexibility index (Phi) is 4.88. The fourth-order valence-corrected chi connectivity index (χ4v) is 1.74. The molecule has 7 nitrogen and oxygen atoms in total. The fraction of sp³-hybridized carbons (Fsp3) is 0.750. The molecule has 0 amide bonds. The third-order valence-corrected chi connectivity index (χ3v) is 3.03. The van der Waals surface area contributed by atoms with Crippen LogP contribution in [0.15, 0.2) is 0 Å². The molecule has 0 spiro atoms. The lowest BCUT2D eigenvalue weighted by Crippen LogP contribution is -2.25. The molecule has 1 aromatic rings. The largest absolute Gasteiger partial charge is 0.391 e. The van der Waals surface area contributed by atoms with Crippen LogP contribution in [-0.2, 0) is 7.05 Å². The molecule has 7 heteroatoms. The van der Waals surface area contributed by atoms with E-state index in [-0.39, 0.29) is 24.1 Å². The summed E-state index contributed by atoms with van der Waals surface area (Å²) in [4.78, 5) is 10.8. The van der Waals surface area contributed by atoms with E-state index in [1.54, 1.807) is 7.05 Å². The highest BCUT2D eigenvalue weighted by atomic mass is 16.6. The maximum absolute atomic E-state index is 11.2. The first-order valence-corrected chi connectivity index (χ1v) is 6.38. The van der Waals surface area contributed by atoms with Crippen molar-refractivity contribution in [2.24, 2.45) is 13.0 Å². The van der Waals surface area contributed by atoms with E-state index in [4.69, 9.17) is 0 Å². The van der Waals surface area contributed by atoms with Gasteiger partial charge in [-0.1, -0.05) is 27.7 Å². The first kappa shape index (κ1) is 15.4. The van der Waals surface area contributed by atoms with E-state index in [0.717, 1.165) is 0 Å². The number of nitrogens with zero attached hydrogens (tertiary/aromatic N) is 3. The molecule has 0 aliphatic carbocycles. The molecular weight excluding hydrogens is 248 g/mol. The van der Waals surface area contributed by atoms with E-state index in [9.17, 15) is 15.2 Å². The van der Waals surface area contributed by atoms with Gasteiger partial charge in [0.1, 0.15) is 5.69 Å². The van der Waals surface area contributed by atoms with Crippen LogP contribution in [0.3, 0.4) is 0 Å². The van der Waals surface area contributed by atoms with Crippen molar-refractivity contribution >= 4 is 11.5 Å². The molecule has 1 atom stereocenters. The molecule has 2 N–H and O–H groups in total. The highest BCUT2D eigenvalue weighted by Crippen LogP contribution is 2.32. The predicted molar refractivity (Wildman–Crippen MR) is 73.3 cm³/mol. The van der Waals surface area contributed by atoms with Crippen LogP contribution in [0.2, 0.25) is 0 Å². The number of hydrogen-bond donors (Lipinski definition) is 2. The molecule has 0 aromatic carbocycles. The lowest BCUT2D eigenvalue weighted by molar-refractivity contribution is -0.384. The minimum absolute atomic E-state index is 0.00606. The van der Waals surface area contributed by atoms with Crippen molar-refractivity contribution < 1.29 is 10.0 Å². The molecule has 0 saturated heterocycles. The van der Waals surface area contributed by atoms with Crippen LogP contribution in [0.1, 0.15) is 39.3 Å². The molecule has 19 heavy (non-hydrogen) atoms. The average molecular weight is 270 g/mol. The zero-order valence-electron chi connectivity index (χ0n) is 12.0. The van der Waals surface area contributed by atoms with E-state index in [0.29, 0.717) is 11.5 Å². The molecule has 1 rings (SSSR count). The monoisotopic (exact) mass is 270 g/mol. The molecule has 108 valence electrons. The van der Waals surface area contributed by atoms with Crippen molar-refractivity contribution in [3.05, 3.63) is 15.8 Å². The standard InChI is InChI=1S/C12H22N4O3/c1-7(2)9(17)6-13-12-11(16(18)19)10(8(3)4)14-15(12)5/h7-9,13,17H,6H2,1-5H3. The van der Waals surface area contributed by atoms with E-state index >= 15 is 0 Å². The van der Waals surface area contributed by atoms with E-state index in [2.05, 4.69) is 10.4 Å². The van der Waals surface area contributed by atoms with Gasteiger partial charge >= 0.3 is 5.69 Å². The van der Waals surface area contributed by atoms with Crippen molar-refractivity contribution in [2.75, 3.05) is 11.9 Å². The number of rotatable bonds is 6. The summed E-state index contributed by atoms with van der Waals surface area (Å²) < 4.78 is 1.46. The normalized spacial score (nSPS) is 13.1. The number of aromatic nitrogens is 2. The van der Waals surface area contributed by atoms with Crippen LogP contribution in [0.25, 0.3) is 0 Å². The van der Waals surface area contributed by atoms with Gasteiger partial charge in [-0.3, -0.25) is 10.1 Å². The van der Waals surface area contributed by atoms with Crippen molar-refractivity contribution in [2.45, 2.75) is 39.7 Å². The minimum Gasteiger partial charge on any atom is -0.391 e. The van der Waals surface area contributed by atoms with Gasteiger partial charge in [0.15, 0.2) is 0 Å². The second-order valence-electron chi connectivity index (χ2n) is 5.31. The lowest BCUT2D eigenvalue weighted by atomic mass is 10.1. The summed E-state index contributed by atoms with van der Waals surface area (Å²) in [6.45, 7) is 7.77. The van der Waals surface area contributed by atoms with Crippen LogP contribution in [0.5, 0.6) is 0 Å². The second-order valence-corrected chi connectivity index (χ2v) is 5.31. The van der Waals surface area contributed by atoms with Gasteiger partial charge in [-0.15, -0.1) is 0 Å². The molecule has 1 unspecified atom stereocenters. The van der Waals surface area contributed by atoms with Gasteiger partial charge in [0.25, 0.3) is 0 Å². The highest BCUT2D eigenvalue weighted by Gasteiger charge is 2.28. The Hall–Kier alpha value is -1.63. The molecular formula is C12H22N4O3. The van der Waals surface area contributed by atoms with Crippen molar-refractivity contribution in [1.82, 2.24) is 9.78 Å². The molecule has 0 radical (unpaired) electrons. The molecule has 1 heterocycles. The Morgan fingerprint density at radius 3 is 2.42 bits per heavy atom. The SMILES string of the molecule is CC(C)c1nn(C)c(NCC(O)C(C)C)c1[N+](=O)[O-]. The summed E-state index contributed by atoms with van der Waals surface area (Å²) in [5, 5.41) is 28.1. The van der Waals surface area contributed by atoms with E-state index in [1.807, 2.05) is 27.7 Å². The van der Waals surface area contributed by atoms with Gasteiger partial charge in [0, 0.05) is 19.5 Å². The van der Waals surface area contributed by atoms with Gasteiger partial charge in [-0.25, -0.2) is 4.68 Å². The smallest absolute Gasteiger partial charge is 0.334 e. The summed E-state index contributed by atoms with van der Waals surface area (Å²) in [7, 11) is 1.66. The number of nitrogens with one attached hydrogen (secondary N) is 1. The van der Waals surface area contributed by atoms with Crippen LogP contribution >= 0.6 is 0 Å². The van der Waals surface area contributed by atoms with Crippen LogP contribution in [-0.4, -0.2) is 32.5 Å². The number of anilines is 1. The number of aryl methyl sites for hydroxylation is 1. The summed E-state index contributed by atoms with van der Waals surface area (Å²) in [5.74, 6) is 0.398. The number of aliphatic hydroxyl groups is 1. The summed E-state index contributed by atoms with van der Waals surface area (Å²) in [5.41, 5.74) is 0.447. The second kappa shape index (κ2) is 6.01. The van der Waals surface area contributed by atoms with Crippen LogP contribution < -0.4 is 5.32 Å². The van der Waals surface area contributed by atoms with Gasteiger partial charge in [-0.05, 0) is 5.92 Å². The van der Waals surface area contributed by atoms with Gasteiger partial charge in [-0.2, -0.15) is 5.10 Å². The van der Waals surface area contributed by atoms with Crippen molar-refractivity contribution in [3.63, 3.8) is 0 Å². The van der Waals surface area contributed by atoms with Gasteiger partial charge < -0.3 is 10.4 Å². The van der Waals surface area contributed by atoms with Crippen LogP contribution in [0.4, 0.5) is 11.5 Å². The van der Waals surface area contributed by atoms with Gasteiger partial charge in [0.05, 0.1) is 11.0 Å². The topological polar surface area (TPSA) is 93.2 Å². The Labute approximate surface area is 112 Å². The van der Waals surface area contributed by atoms with E-state index < -0.39 is 11.0 Å². The lowest BCUT2D eigenvalue weighted by Gasteiger charge is -2.15.